The first-order valence-corrected chi connectivity index (χ1v) is 15.4. The van der Waals surface area contributed by atoms with Gasteiger partial charge in [-0.05, 0) is 72.4 Å². The van der Waals surface area contributed by atoms with Crippen LogP contribution in [-0.4, -0.2) is 62.0 Å². The summed E-state index contributed by atoms with van der Waals surface area (Å²) in [4.78, 5) is 11.1. The molecule has 0 spiro atoms. The Kier molecular flexibility index (Phi) is 8.24. The molecule has 10 heteroatoms. The number of alkyl halides is 1. The van der Waals surface area contributed by atoms with E-state index in [1.165, 1.54) is 4.31 Å². The molecule has 2 aliphatic rings. The van der Waals surface area contributed by atoms with Crippen molar-refractivity contribution in [1.82, 2.24) is 4.31 Å². The number of carbonyl (C=O) groups is 1. The van der Waals surface area contributed by atoms with E-state index in [1.54, 1.807) is 0 Å². The summed E-state index contributed by atoms with van der Waals surface area (Å²) in [5, 5.41) is 9.10. The number of halogens is 1. The van der Waals surface area contributed by atoms with Crippen LogP contribution in [0.15, 0.2) is 54.6 Å². The van der Waals surface area contributed by atoms with Crippen LogP contribution in [0.3, 0.4) is 0 Å². The SMILES string of the molecule is Cc1cc(OC[C@H]2C[C@H](F)CN2S(C)(=O)=O)cc(C)c1-c1cccc(COc2ccc3c(c2)OCC3CC(=O)O)c1. The standard InChI is InChI=1S/C31H34FNO7S/c1-19-9-27(39-18-25-13-24(32)15-33(25)41(3,36)37)10-20(2)31(19)22-6-4-5-21(11-22)16-38-26-7-8-28-23(12-30(34)35)17-40-29(28)14-26/h4-11,14,23-25H,12-13,15-18H2,1-3H3,(H,34,35)/t23?,24-,25+/m0/s1. The Morgan fingerprint density at radius 2 is 1.83 bits per heavy atom. The summed E-state index contributed by atoms with van der Waals surface area (Å²) in [6.45, 7) is 4.66. The van der Waals surface area contributed by atoms with Crippen LogP contribution in [0.2, 0.25) is 0 Å². The fraction of sp³-hybridized carbons (Fsp3) is 0.387. The molecule has 2 heterocycles. The maximum absolute atomic E-state index is 13.9. The molecule has 0 aliphatic carbocycles. The number of benzene rings is 3. The first-order chi connectivity index (χ1) is 19.5. The third-order valence-electron chi connectivity index (χ3n) is 7.59. The van der Waals surface area contributed by atoms with Crippen LogP contribution in [0.1, 0.15) is 41.0 Å². The average Bonchev–Trinajstić information content (AvgIpc) is 3.48. The van der Waals surface area contributed by atoms with Crippen molar-refractivity contribution in [2.45, 2.75) is 51.4 Å². The molecule has 41 heavy (non-hydrogen) atoms. The van der Waals surface area contributed by atoms with Gasteiger partial charge in [0.25, 0.3) is 0 Å². The van der Waals surface area contributed by atoms with Gasteiger partial charge in [0, 0.05) is 24.1 Å². The van der Waals surface area contributed by atoms with Crippen molar-refractivity contribution in [3.05, 3.63) is 76.9 Å². The number of carboxylic acids is 1. The summed E-state index contributed by atoms with van der Waals surface area (Å²) in [7, 11) is -3.51. The van der Waals surface area contributed by atoms with Gasteiger partial charge in [-0.15, -0.1) is 0 Å². The zero-order valence-corrected chi connectivity index (χ0v) is 24.1. The molecule has 1 saturated heterocycles. The highest BCUT2D eigenvalue weighted by Gasteiger charge is 2.38. The number of hydrogen-bond donors (Lipinski definition) is 1. The van der Waals surface area contributed by atoms with Gasteiger partial charge < -0.3 is 19.3 Å². The first-order valence-electron chi connectivity index (χ1n) is 13.5. The minimum atomic E-state index is -3.51. The molecule has 0 saturated carbocycles. The molecule has 8 nitrogen and oxygen atoms in total. The lowest BCUT2D eigenvalue weighted by atomic mass is 9.94. The van der Waals surface area contributed by atoms with E-state index in [9.17, 15) is 17.6 Å². The number of sulfonamides is 1. The van der Waals surface area contributed by atoms with Crippen molar-refractivity contribution in [1.29, 1.82) is 0 Å². The molecule has 0 radical (unpaired) electrons. The summed E-state index contributed by atoms with van der Waals surface area (Å²) in [5.41, 5.74) is 5.97. The maximum Gasteiger partial charge on any atom is 0.304 e. The van der Waals surface area contributed by atoms with E-state index in [0.29, 0.717) is 30.5 Å². The van der Waals surface area contributed by atoms with E-state index < -0.39 is 28.2 Å². The molecule has 1 unspecified atom stereocenters. The third kappa shape index (κ3) is 6.65. The van der Waals surface area contributed by atoms with Crippen molar-refractivity contribution in [2.75, 3.05) is 26.0 Å². The van der Waals surface area contributed by atoms with Gasteiger partial charge in [-0.25, -0.2) is 12.8 Å². The highest BCUT2D eigenvalue weighted by Crippen LogP contribution is 2.38. The lowest BCUT2D eigenvalue weighted by Crippen LogP contribution is -2.38. The van der Waals surface area contributed by atoms with Crippen LogP contribution >= 0.6 is 0 Å². The van der Waals surface area contributed by atoms with Crippen molar-refractivity contribution in [3.8, 4) is 28.4 Å². The van der Waals surface area contributed by atoms with Gasteiger partial charge in [0.1, 0.15) is 36.6 Å². The fourth-order valence-electron chi connectivity index (χ4n) is 5.75. The molecule has 0 bridgehead atoms. The van der Waals surface area contributed by atoms with Crippen LogP contribution in [0, 0.1) is 13.8 Å². The largest absolute Gasteiger partial charge is 0.492 e. The van der Waals surface area contributed by atoms with E-state index in [2.05, 4.69) is 6.07 Å². The monoisotopic (exact) mass is 583 g/mol. The van der Waals surface area contributed by atoms with E-state index in [1.807, 2.05) is 62.4 Å². The molecule has 5 rings (SSSR count). The van der Waals surface area contributed by atoms with Crippen LogP contribution in [0.4, 0.5) is 4.39 Å². The molecule has 0 amide bonds. The van der Waals surface area contributed by atoms with Gasteiger partial charge >= 0.3 is 5.97 Å². The Morgan fingerprint density at radius 3 is 2.54 bits per heavy atom. The van der Waals surface area contributed by atoms with E-state index >= 15 is 0 Å². The minimum Gasteiger partial charge on any atom is -0.492 e. The number of nitrogens with zero attached hydrogens (tertiary/aromatic N) is 1. The van der Waals surface area contributed by atoms with Crippen molar-refractivity contribution < 1.29 is 36.9 Å². The number of aliphatic carboxylic acids is 1. The Labute approximate surface area is 239 Å². The maximum atomic E-state index is 13.9. The van der Waals surface area contributed by atoms with Gasteiger partial charge in [0.15, 0.2) is 0 Å². The van der Waals surface area contributed by atoms with E-state index in [-0.39, 0.29) is 31.9 Å². The molecule has 2 aliphatic heterocycles. The molecule has 0 aromatic heterocycles. The predicted octanol–water partition coefficient (Wildman–Crippen LogP) is 5.25. The van der Waals surface area contributed by atoms with Gasteiger partial charge in [-0.3, -0.25) is 4.79 Å². The topological polar surface area (TPSA) is 102 Å². The Bertz CT molecular complexity index is 1530. The van der Waals surface area contributed by atoms with Gasteiger partial charge in [-0.2, -0.15) is 4.31 Å². The second-order valence-electron chi connectivity index (χ2n) is 10.9. The smallest absolute Gasteiger partial charge is 0.304 e. The minimum absolute atomic E-state index is 0.0355. The van der Waals surface area contributed by atoms with E-state index in [4.69, 9.17) is 19.3 Å². The Balaban J connectivity index is 1.25. The number of carboxylic acid groups (broad SMARTS) is 1. The van der Waals surface area contributed by atoms with Gasteiger partial charge in [-0.1, -0.05) is 24.3 Å². The summed E-state index contributed by atoms with van der Waals surface area (Å²) in [5.74, 6) is 0.931. The van der Waals surface area contributed by atoms with Gasteiger partial charge in [0.05, 0.1) is 25.3 Å². The number of hydrogen-bond acceptors (Lipinski definition) is 6. The fourth-order valence-corrected chi connectivity index (χ4v) is 6.87. The van der Waals surface area contributed by atoms with Crippen molar-refractivity contribution in [2.24, 2.45) is 0 Å². The zero-order chi connectivity index (χ0) is 29.3. The quantitative estimate of drug-likeness (QED) is 0.348. The third-order valence-corrected chi connectivity index (χ3v) is 8.89. The van der Waals surface area contributed by atoms with Crippen molar-refractivity contribution >= 4 is 16.0 Å². The summed E-state index contributed by atoms with van der Waals surface area (Å²) >= 11 is 0. The van der Waals surface area contributed by atoms with Crippen LogP contribution < -0.4 is 14.2 Å². The number of fused-ring (bicyclic) bond motifs is 1. The first kappa shape index (κ1) is 28.9. The number of rotatable bonds is 10. The summed E-state index contributed by atoms with van der Waals surface area (Å²) in [6.07, 6.45) is 0.0716. The highest BCUT2D eigenvalue weighted by atomic mass is 32.2. The molecule has 1 fully saturated rings. The predicted molar refractivity (Wildman–Crippen MR) is 153 cm³/mol. The zero-order valence-electron chi connectivity index (χ0n) is 23.3. The van der Waals surface area contributed by atoms with Crippen LogP contribution in [-0.2, 0) is 21.4 Å². The summed E-state index contributed by atoms with van der Waals surface area (Å²) < 4.78 is 56.9. The van der Waals surface area contributed by atoms with Crippen molar-refractivity contribution in [3.63, 3.8) is 0 Å². The second kappa shape index (κ2) is 11.7. The molecular formula is C31H34FNO7S. The molecule has 218 valence electrons. The van der Waals surface area contributed by atoms with E-state index in [0.717, 1.165) is 39.6 Å². The molecule has 3 aromatic rings. The lowest BCUT2D eigenvalue weighted by Gasteiger charge is -2.22. The normalized spacial score (nSPS) is 20.4. The molecule has 3 atom stereocenters. The van der Waals surface area contributed by atoms with Crippen LogP contribution in [0.25, 0.3) is 11.1 Å². The number of ether oxygens (including phenoxy) is 3. The lowest BCUT2D eigenvalue weighted by molar-refractivity contribution is -0.137. The molecule has 3 aromatic carbocycles. The second-order valence-corrected chi connectivity index (χ2v) is 12.8. The highest BCUT2D eigenvalue weighted by molar-refractivity contribution is 7.88. The number of aryl methyl sites for hydroxylation is 2. The van der Waals surface area contributed by atoms with Gasteiger partial charge in [0.2, 0.25) is 10.0 Å². The summed E-state index contributed by atoms with van der Waals surface area (Å²) in [6, 6.07) is 16.9. The Morgan fingerprint density at radius 1 is 1.07 bits per heavy atom. The molecule has 1 N–H and O–H groups in total. The Hall–Kier alpha value is -3.63. The molecular weight excluding hydrogens is 549 g/mol. The van der Waals surface area contributed by atoms with Crippen LogP contribution in [0.5, 0.6) is 17.2 Å². The average molecular weight is 584 g/mol.